The van der Waals surface area contributed by atoms with Gasteiger partial charge in [-0.3, -0.25) is 0 Å². The van der Waals surface area contributed by atoms with Crippen LogP contribution in [0, 0.1) is 5.92 Å². The average Bonchev–Trinajstić information content (AvgIpc) is 2.43. The van der Waals surface area contributed by atoms with Crippen LogP contribution in [0.1, 0.15) is 53.9 Å². The highest BCUT2D eigenvalue weighted by atomic mass is 16.6. The molecule has 1 fully saturated rings. The van der Waals surface area contributed by atoms with Crippen LogP contribution in [0.4, 0.5) is 4.79 Å². The normalized spacial score (nSPS) is 23.9. The molecule has 5 heteroatoms. The van der Waals surface area contributed by atoms with Crippen molar-refractivity contribution < 1.29 is 14.3 Å². The molecule has 1 N–H and O–H groups in total. The molecule has 3 atom stereocenters. The number of amides is 1. The number of nitrogens with zero attached hydrogens (tertiary/aromatic N) is 1. The molecular weight excluding hydrogens is 280 g/mol. The highest BCUT2D eigenvalue weighted by molar-refractivity contribution is 5.67. The van der Waals surface area contributed by atoms with E-state index in [2.05, 4.69) is 19.2 Å². The van der Waals surface area contributed by atoms with E-state index in [9.17, 15) is 4.79 Å². The van der Waals surface area contributed by atoms with E-state index in [1.165, 1.54) is 0 Å². The van der Waals surface area contributed by atoms with Crippen LogP contribution in [-0.4, -0.2) is 55.5 Å². The van der Waals surface area contributed by atoms with Gasteiger partial charge < -0.3 is 19.7 Å². The Hall–Kier alpha value is -0.810. The van der Waals surface area contributed by atoms with E-state index in [-0.39, 0.29) is 6.09 Å². The van der Waals surface area contributed by atoms with E-state index in [1.807, 2.05) is 20.8 Å². The average molecular weight is 314 g/mol. The first-order valence-corrected chi connectivity index (χ1v) is 8.50. The van der Waals surface area contributed by atoms with Gasteiger partial charge in [-0.2, -0.15) is 0 Å². The summed E-state index contributed by atoms with van der Waals surface area (Å²) in [4.78, 5) is 13.6. The SMILES string of the molecule is CCC1CC(NCC(C)CN(C)C(=O)OC(C)(C)C)CCO1. The van der Waals surface area contributed by atoms with E-state index in [0.717, 1.165) is 32.4 Å². The molecule has 1 heterocycles. The number of hydrogen-bond acceptors (Lipinski definition) is 4. The summed E-state index contributed by atoms with van der Waals surface area (Å²) in [6, 6.07) is 0.535. The van der Waals surface area contributed by atoms with Crippen molar-refractivity contribution in [3.05, 3.63) is 0 Å². The number of carbonyl (C=O) groups excluding carboxylic acids is 1. The minimum atomic E-state index is -0.440. The molecule has 1 amide bonds. The maximum absolute atomic E-state index is 11.9. The number of nitrogens with one attached hydrogen (secondary N) is 1. The summed E-state index contributed by atoms with van der Waals surface area (Å²) >= 11 is 0. The summed E-state index contributed by atoms with van der Waals surface area (Å²) in [5.74, 6) is 0.389. The number of carbonyl (C=O) groups is 1. The lowest BCUT2D eigenvalue weighted by molar-refractivity contribution is -0.000815. The predicted molar refractivity (Wildman–Crippen MR) is 89.1 cm³/mol. The van der Waals surface area contributed by atoms with Crippen molar-refractivity contribution in [1.82, 2.24) is 10.2 Å². The minimum absolute atomic E-state index is 0.253. The van der Waals surface area contributed by atoms with Gasteiger partial charge >= 0.3 is 6.09 Å². The van der Waals surface area contributed by atoms with Gasteiger partial charge in [0.15, 0.2) is 0 Å². The van der Waals surface area contributed by atoms with Gasteiger partial charge in [0.2, 0.25) is 0 Å². The fraction of sp³-hybridized carbons (Fsp3) is 0.941. The van der Waals surface area contributed by atoms with Gasteiger partial charge in [0.1, 0.15) is 5.60 Å². The standard InChI is InChI=1S/C17H34N2O3/c1-7-15-10-14(8-9-21-15)18-11-13(2)12-19(6)16(20)22-17(3,4)5/h13-15,18H,7-12H2,1-6H3. The molecule has 0 aliphatic carbocycles. The number of hydrogen-bond donors (Lipinski definition) is 1. The molecule has 130 valence electrons. The maximum Gasteiger partial charge on any atom is 0.410 e. The van der Waals surface area contributed by atoms with Gasteiger partial charge in [-0.05, 0) is 52.5 Å². The van der Waals surface area contributed by atoms with Crippen molar-refractivity contribution in [2.75, 3.05) is 26.7 Å². The third kappa shape index (κ3) is 7.45. The third-order valence-corrected chi connectivity index (χ3v) is 3.87. The van der Waals surface area contributed by atoms with Crippen molar-refractivity contribution in [3.8, 4) is 0 Å². The molecule has 1 aliphatic heterocycles. The van der Waals surface area contributed by atoms with Crippen LogP contribution in [0.25, 0.3) is 0 Å². The Morgan fingerprint density at radius 1 is 1.45 bits per heavy atom. The van der Waals surface area contributed by atoms with Gasteiger partial charge in [0.25, 0.3) is 0 Å². The van der Waals surface area contributed by atoms with E-state index in [0.29, 0.717) is 24.6 Å². The van der Waals surface area contributed by atoms with Gasteiger partial charge in [-0.15, -0.1) is 0 Å². The van der Waals surface area contributed by atoms with Crippen LogP contribution in [0.15, 0.2) is 0 Å². The Balaban J connectivity index is 2.27. The van der Waals surface area contributed by atoms with Crippen molar-refractivity contribution in [2.45, 2.75) is 71.6 Å². The smallest absolute Gasteiger partial charge is 0.410 e. The van der Waals surface area contributed by atoms with Crippen LogP contribution >= 0.6 is 0 Å². The Bertz CT molecular complexity index is 341. The zero-order valence-electron chi connectivity index (χ0n) is 15.1. The Morgan fingerprint density at radius 3 is 2.73 bits per heavy atom. The number of rotatable bonds is 6. The molecule has 0 saturated carbocycles. The molecule has 0 aromatic heterocycles. The quantitative estimate of drug-likeness (QED) is 0.819. The first-order chi connectivity index (χ1) is 10.2. The van der Waals surface area contributed by atoms with Crippen molar-refractivity contribution in [1.29, 1.82) is 0 Å². The third-order valence-electron chi connectivity index (χ3n) is 3.87. The molecule has 1 aliphatic rings. The van der Waals surface area contributed by atoms with Crippen LogP contribution < -0.4 is 5.32 Å². The largest absolute Gasteiger partial charge is 0.444 e. The summed E-state index contributed by atoms with van der Waals surface area (Å²) in [7, 11) is 1.80. The molecular formula is C17H34N2O3. The Labute approximate surface area is 135 Å². The predicted octanol–water partition coefficient (Wildman–Crippen LogP) is 3.04. The first kappa shape index (κ1) is 19.2. The molecule has 0 radical (unpaired) electrons. The van der Waals surface area contributed by atoms with E-state index in [1.54, 1.807) is 11.9 Å². The van der Waals surface area contributed by atoms with Crippen molar-refractivity contribution >= 4 is 6.09 Å². The second-order valence-electron chi connectivity index (χ2n) is 7.50. The molecule has 0 aromatic carbocycles. The Morgan fingerprint density at radius 2 is 2.14 bits per heavy atom. The van der Waals surface area contributed by atoms with Gasteiger partial charge in [-0.1, -0.05) is 13.8 Å². The van der Waals surface area contributed by atoms with Crippen LogP contribution in [0.3, 0.4) is 0 Å². The molecule has 5 nitrogen and oxygen atoms in total. The van der Waals surface area contributed by atoms with Crippen molar-refractivity contribution in [3.63, 3.8) is 0 Å². The van der Waals surface area contributed by atoms with Crippen LogP contribution in [-0.2, 0) is 9.47 Å². The summed E-state index contributed by atoms with van der Waals surface area (Å²) in [6.45, 7) is 12.5. The van der Waals surface area contributed by atoms with E-state index in [4.69, 9.17) is 9.47 Å². The molecule has 1 rings (SSSR count). The number of ether oxygens (including phenoxy) is 2. The fourth-order valence-corrected chi connectivity index (χ4v) is 2.66. The molecule has 0 aromatic rings. The lowest BCUT2D eigenvalue weighted by Crippen LogP contribution is -2.43. The maximum atomic E-state index is 11.9. The highest BCUT2D eigenvalue weighted by Crippen LogP contribution is 2.16. The first-order valence-electron chi connectivity index (χ1n) is 8.50. The molecule has 1 saturated heterocycles. The van der Waals surface area contributed by atoms with Crippen molar-refractivity contribution in [2.24, 2.45) is 5.92 Å². The summed E-state index contributed by atoms with van der Waals surface area (Å²) in [5.41, 5.74) is -0.440. The zero-order chi connectivity index (χ0) is 16.8. The van der Waals surface area contributed by atoms with Gasteiger partial charge in [-0.25, -0.2) is 4.79 Å². The van der Waals surface area contributed by atoms with Gasteiger partial charge in [0.05, 0.1) is 6.10 Å². The fourth-order valence-electron chi connectivity index (χ4n) is 2.66. The monoisotopic (exact) mass is 314 g/mol. The van der Waals surface area contributed by atoms with E-state index < -0.39 is 5.60 Å². The zero-order valence-corrected chi connectivity index (χ0v) is 15.1. The summed E-state index contributed by atoms with van der Waals surface area (Å²) in [5, 5.41) is 3.62. The van der Waals surface area contributed by atoms with Crippen LogP contribution in [0.2, 0.25) is 0 Å². The highest BCUT2D eigenvalue weighted by Gasteiger charge is 2.23. The second kappa shape index (κ2) is 8.73. The second-order valence-corrected chi connectivity index (χ2v) is 7.50. The Kier molecular flexibility index (Phi) is 7.63. The van der Waals surface area contributed by atoms with Crippen LogP contribution in [0.5, 0.6) is 0 Å². The summed E-state index contributed by atoms with van der Waals surface area (Å²) < 4.78 is 11.1. The minimum Gasteiger partial charge on any atom is -0.444 e. The molecule has 0 spiro atoms. The molecule has 0 bridgehead atoms. The van der Waals surface area contributed by atoms with Gasteiger partial charge in [0, 0.05) is 26.2 Å². The lowest BCUT2D eigenvalue weighted by Gasteiger charge is -2.31. The lowest BCUT2D eigenvalue weighted by atomic mass is 10.0. The topological polar surface area (TPSA) is 50.8 Å². The summed E-state index contributed by atoms with van der Waals surface area (Å²) in [6.07, 6.45) is 3.38. The van der Waals surface area contributed by atoms with E-state index >= 15 is 0 Å². The molecule has 22 heavy (non-hydrogen) atoms. The molecule has 3 unspecified atom stereocenters.